The van der Waals surface area contributed by atoms with Gasteiger partial charge in [-0.05, 0) is 77.5 Å². The highest BCUT2D eigenvalue weighted by Crippen LogP contribution is 2.42. The molecule has 0 atom stereocenters. The summed E-state index contributed by atoms with van der Waals surface area (Å²) in [5.41, 5.74) is 7.44. The van der Waals surface area contributed by atoms with Gasteiger partial charge in [0, 0.05) is 16.7 Å². The average Bonchev–Trinajstić information content (AvgIpc) is 3.24. The minimum absolute atomic E-state index is 0.636. The number of nitrogens with zero attached hydrogens (tertiary/aromatic N) is 3. The molecule has 0 saturated heterocycles. The van der Waals surface area contributed by atoms with E-state index in [1.807, 2.05) is 12.1 Å². The summed E-state index contributed by atoms with van der Waals surface area (Å²) in [5, 5.41) is 9.66. The monoisotopic (exact) mass is 661 g/mol. The molecule has 9 aromatic carbocycles. The lowest BCUT2D eigenvalue weighted by Gasteiger charge is -2.16. The standard InChI is InChI=1S/C49H31N3/c1-3-14-32(15-4-1)34-26-28-35(29-27-34)47-50-48(37-19-13-18-36(30-37)33-16-5-2-6-17-33)52-49(51-47)45-31-44-40-22-8-7-20-38(40)39-21-9-11-24-42(39)46(44)43-25-12-10-23-41(43)45/h1-31H. The van der Waals surface area contributed by atoms with Crippen LogP contribution in [0.5, 0.6) is 0 Å². The lowest BCUT2D eigenvalue weighted by atomic mass is 9.89. The maximum atomic E-state index is 5.28. The smallest absolute Gasteiger partial charge is 0.164 e. The van der Waals surface area contributed by atoms with Gasteiger partial charge in [0.05, 0.1) is 0 Å². The molecule has 3 heteroatoms. The van der Waals surface area contributed by atoms with Crippen molar-refractivity contribution in [3.8, 4) is 56.4 Å². The first-order valence-corrected chi connectivity index (χ1v) is 17.6. The van der Waals surface area contributed by atoms with E-state index in [2.05, 4.69) is 176 Å². The maximum absolute atomic E-state index is 5.28. The summed E-state index contributed by atoms with van der Waals surface area (Å²) >= 11 is 0. The molecular formula is C49H31N3. The van der Waals surface area contributed by atoms with Gasteiger partial charge in [0.1, 0.15) is 0 Å². The van der Waals surface area contributed by atoms with Crippen LogP contribution in [-0.2, 0) is 0 Å². The molecule has 0 unspecified atom stereocenters. The van der Waals surface area contributed by atoms with Crippen molar-refractivity contribution in [1.82, 2.24) is 15.0 Å². The van der Waals surface area contributed by atoms with E-state index in [0.717, 1.165) is 38.8 Å². The van der Waals surface area contributed by atoms with Gasteiger partial charge in [-0.25, -0.2) is 15.0 Å². The Kier molecular flexibility index (Phi) is 7.14. The molecule has 0 bridgehead atoms. The van der Waals surface area contributed by atoms with E-state index in [1.165, 1.54) is 43.3 Å². The minimum Gasteiger partial charge on any atom is -0.208 e. The average molecular weight is 662 g/mol. The predicted molar refractivity (Wildman–Crippen MR) is 217 cm³/mol. The van der Waals surface area contributed by atoms with Crippen LogP contribution in [0.15, 0.2) is 188 Å². The number of rotatable bonds is 5. The Morgan fingerprint density at radius 3 is 1.29 bits per heavy atom. The zero-order chi connectivity index (χ0) is 34.4. The Bertz CT molecular complexity index is 2930. The third kappa shape index (κ3) is 5.10. The molecule has 0 fully saturated rings. The molecule has 0 aliphatic rings. The van der Waals surface area contributed by atoms with Crippen LogP contribution in [0.2, 0.25) is 0 Å². The molecule has 3 nitrogen and oxygen atoms in total. The van der Waals surface area contributed by atoms with Crippen LogP contribution >= 0.6 is 0 Å². The number of aromatic nitrogens is 3. The van der Waals surface area contributed by atoms with Crippen LogP contribution in [0.25, 0.3) is 99.5 Å². The zero-order valence-corrected chi connectivity index (χ0v) is 28.2. The van der Waals surface area contributed by atoms with Crippen molar-refractivity contribution in [3.63, 3.8) is 0 Å². The minimum atomic E-state index is 0.636. The highest BCUT2D eigenvalue weighted by molar-refractivity contribution is 6.32. The summed E-state index contributed by atoms with van der Waals surface area (Å²) in [7, 11) is 0. The Morgan fingerprint density at radius 1 is 0.231 bits per heavy atom. The fourth-order valence-electron chi connectivity index (χ4n) is 7.62. The summed E-state index contributed by atoms with van der Waals surface area (Å²) in [5.74, 6) is 1.92. The normalized spacial score (nSPS) is 11.5. The molecule has 242 valence electrons. The molecule has 10 aromatic rings. The van der Waals surface area contributed by atoms with Crippen molar-refractivity contribution < 1.29 is 0 Å². The molecule has 0 amide bonds. The largest absolute Gasteiger partial charge is 0.208 e. The van der Waals surface area contributed by atoms with E-state index in [1.54, 1.807) is 0 Å². The van der Waals surface area contributed by atoms with Gasteiger partial charge < -0.3 is 0 Å². The van der Waals surface area contributed by atoms with Gasteiger partial charge in [-0.2, -0.15) is 0 Å². The first-order chi connectivity index (χ1) is 25.8. The molecule has 0 spiro atoms. The van der Waals surface area contributed by atoms with Crippen LogP contribution < -0.4 is 0 Å². The Morgan fingerprint density at radius 2 is 0.635 bits per heavy atom. The summed E-state index contributed by atoms with van der Waals surface area (Å²) < 4.78 is 0. The molecule has 0 saturated carbocycles. The summed E-state index contributed by atoms with van der Waals surface area (Å²) in [6.45, 7) is 0. The third-order valence-electron chi connectivity index (χ3n) is 10.1. The van der Waals surface area contributed by atoms with E-state index in [-0.39, 0.29) is 0 Å². The SMILES string of the molecule is c1ccc(-c2ccc(-c3nc(-c4cccc(-c5ccccc5)c4)nc(-c4cc5c6ccccc6c6ccccc6c5c5ccccc45)n3)cc2)cc1. The first-order valence-electron chi connectivity index (χ1n) is 17.6. The number of hydrogen-bond acceptors (Lipinski definition) is 3. The molecule has 0 radical (unpaired) electrons. The Hall–Kier alpha value is -6.97. The van der Waals surface area contributed by atoms with Gasteiger partial charge in [-0.15, -0.1) is 0 Å². The van der Waals surface area contributed by atoms with Crippen LogP contribution in [0, 0.1) is 0 Å². The highest BCUT2D eigenvalue weighted by atomic mass is 15.0. The second-order valence-electron chi connectivity index (χ2n) is 13.2. The van der Waals surface area contributed by atoms with Gasteiger partial charge in [-0.3, -0.25) is 0 Å². The molecule has 1 aromatic heterocycles. The fraction of sp³-hybridized carbons (Fsp3) is 0. The number of hydrogen-bond donors (Lipinski definition) is 0. The highest BCUT2D eigenvalue weighted by Gasteiger charge is 2.19. The van der Waals surface area contributed by atoms with E-state index < -0.39 is 0 Å². The van der Waals surface area contributed by atoms with Crippen molar-refractivity contribution in [2.75, 3.05) is 0 Å². The maximum Gasteiger partial charge on any atom is 0.164 e. The molecule has 1 heterocycles. The van der Waals surface area contributed by atoms with E-state index >= 15 is 0 Å². The van der Waals surface area contributed by atoms with E-state index in [4.69, 9.17) is 15.0 Å². The molecular weight excluding hydrogens is 631 g/mol. The van der Waals surface area contributed by atoms with Crippen molar-refractivity contribution in [2.45, 2.75) is 0 Å². The van der Waals surface area contributed by atoms with Crippen molar-refractivity contribution in [2.24, 2.45) is 0 Å². The van der Waals surface area contributed by atoms with Gasteiger partial charge in [0.15, 0.2) is 17.5 Å². The molecule has 52 heavy (non-hydrogen) atoms. The van der Waals surface area contributed by atoms with Crippen molar-refractivity contribution >= 4 is 43.1 Å². The van der Waals surface area contributed by atoms with Crippen LogP contribution in [0.1, 0.15) is 0 Å². The third-order valence-corrected chi connectivity index (χ3v) is 10.1. The number of benzene rings is 9. The molecule has 10 rings (SSSR count). The van der Waals surface area contributed by atoms with E-state index in [9.17, 15) is 0 Å². The lowest BCUT2D eigenvalue weighted by molar-refractivity contribution is 1.08. The van der Waals surface area contributed by atoms with Gasteiger partial charge in [-0.1, -0.05) is 176 Å². The van der Waals surface area contributed by atoms with Crippen LogP contribution in [-0.4, -0.2) is 15.0 Å². The van der Waals surface area contributed by atoms with Crippen LogP contribution in [0.4, 0.5) is 0 Å². The lowest BCUT2D eigenvalue weighted by Crippen LogP contribution is -2.01. The fourth-order valence-corrected chi connectivity index (χ4v) is 7.62. The van der Waals surface area contributed by atoms with Gasteiger partial charge >= 0.3 is 0 Å². The van der Waals surface area contributed by atoms with E-state index in [0.29, 0.717) is 17.5 Å². The second-order valence-corrected chi connectivity index (χ2v) is 13.2. The molecule has 0 aliphatic carbocycles. The summed E-state index contributed by atoms with van der Waals surface area (Å²) in [6, 6.07) is 66.3. The quantitative estimate of drug-likeness (QED) is 0.172. The van der Waals surface area contributed by atoms with Crippen molar-refractivity contribution in [1.29, 1.82) is 0 Å². The molecule has 0 aliphatic heterocycles. The topological polar surface area (TPSA) is 38.7 Å². The van der Waals surface area contributed by atoms with Gasteiger partial charge in [0.2, 0.25) is 0 Å². The molecule has 0 N–H and O–H groups in total. The van der Waals surface area contributed by atoms with Crippen molar-refractivity contribution in [3.05, 3.63) is 188 Å². The summed E-state index contributed by atoms with van der Waals surface area (Å²) in [4.78, 5) is 15.7. The second kappa shape index (κ2) is 12.4. The van der Waals surface area contributed by atoms with Crippen LogP contribution in [0.3, 0.4) is 0 Å². The van der Waals surface area contributed by atoms with Gasteiger partial charge in [0.25, 0.3) is 0 Å². The summed E-state index contributed by atoms with van der Waals surface area (Å²) in [6.07, 6.45) is 0. The Balaban J connectivity index is 1.24. The first kappa shape index (κ1) is 29.9. The predicted octanol–water partition coefficient (Wildman–Crippen LogP) is 12.8. The Labute approximate surface area is 301 Å². The zero-order valence-electron chi connectivity index (χ0n) is 28.2. The number of fused-ring (bicyclic) bond motifs is 8.